The highest BCUT2D eigenvalue weighted by Crippen LogP contribution is 2.74. The summed E-state index contributed by atoms with van der Waals surface area (Å²) in [5, 5.41) is 20.2. The van der Waals surface area contributed by atoms with Gasteiger partial charge < -0.3 is 19.3 Å². The van der Waals surface area contributed by atoms with Gasteiger partial charge in [0.1, 0.15) is 6.10 Å². The number of hydrogen-bond donors (Lipinski definition) is 1. The van der Waals surface area contributed by atoms with E-state index in [4.69, 9.17) is 14.2 Å². The SMILES string of the molecule is COC(=O)/C(CCC=C(C)C)=C1\[C@@H](OC(C)=O)C[C@@]2(C)[C@@H]1C[C@@H](OCCC#N)[C@@H]1[C@@]3(C)CC[C@@H](O)[C@@H](C)C3CC[C@@]12C. The number of carbonyl (C=O) groups excluding carboxylic acids is 2. The molecule has 10 atom stereocenters. The molecule has 0 radical (unpaired) electrons. The third-order valence-corrected chi connectivity index (χ3v) is 12.3. The van der Waals surface area contributed by atoms with Crippen molar-refractivity contribution in [1.82, 2.24) is 0 Å². The molecule has 4 fully saturated rings. The maximum atomic E-state index is 13.4. The number of aliphatic hydroxyl groups excluding tert-OH is 1. The quantitative estimate of drug-likeness (QED) is 0.147. The van der Waals surface area contributed by atoms with E-state index < -0.39 is 6.10 Å². The molecule has 1 N–H and O–H groups in total. The zero-order valence-corrected chi connectivity index (χ0v) is 27.1. The standard InChI is InChI=1S/C35H53NO6/c1-21(2)11-9-12-24(32(39)40-8)30-26-19-28(41-18-10-17-36)31-33(5)15-14-27(38)22(3)25(33)13-16-34(31,6)35(26,7)20-29(30)42-23(4)37/h11,22,25-29,31,38H,9-10,12-16,18-20H2,1-8H3/b30-24-/t22-,25?,26+,27+,28+,29-,31+,33-,34-,35-/m0/s1. The second kappa shape index (κ2) is 12.4. The molecule has 4 aliphatic rings. The van der Waals surface area contributed by atoms with Gasteiger partial charge in [-0.25, -0.2) is 4.79 Å². The molecule has 4 aliphatic carbocycles. The van der Waals surface area contributed by atoms with Crippen molar-refractivity contribution in [2.45, 2.75) is 125 Å². The van der Waals surface area contributed by atoms with Gasteiger partial charge in [-0.1, -0.05) is 39.3 Å². The first-order valence-electron chi connectivity index (χ1n) is 16.0. The summed E-state index contributed by atoms with van der Waals surface area (Å²) in [6.07, 6.45) is 7.88. The average molecular weight is 584 g/mol. The van der Waals surface area contributed by atoms with Crippen LogP contribution in [0, 0.1) is 51.2 Å². The van der Waals surface area contributed by atoms with E-state index in [1.807, 2.05) is 13.8 Å². The fourth-order valence-electron chi connectivity index (χ4n) is 10.3. The second-order valence-corrected chi connectivity index (χ2v) is 14.6. The van der Waals surface area contributed by atoms with Crippen molar-refractivity contribution in [3.63, 3.8) is 0 Å². The summed E-state index contributed by atoms with van der Waals surface area (Å²) in [7, 11) is 1.42. The van der Waals surface area contributed by atoms with Gasteiger partial charge in [-0.05, 0) is 111 Å². The number of methoxy groups -OCH3 is 1. The van der Waals surface area contributed by atoms with Crippen molar-refractivity contribution < 1.29 is 28.9 Å². The molecule has 0 aromatic rings. The van der Waals surface area contributed by atoms with E-state index in [1.54, 1.807) is 0 Å². The van der Waals surface area contributed by atoms with Gasteiger partial charge in [0, 0.05) is 12.5 Å². The Balaban J connectivity index is 1.89. The van der Waals surface area contributed by atoms with Crippen LogP contribution in [0.1, 0.15) is 106 Å². The molecule has 234 valence electrons. The van der Waals surface area contributed by atoms with Gasteiger partial charge in [-0.15, -0.1) is 0 Å². The van der Waals surface area contributed by atoms with Crippen LogP contribution >= 0.6 is 0 Å². The number of hydrogen-bond acceptors (Lipinski definition) is 7. The Hall–Kier alpha value is -2.17. The predicted octanol–water partition coefficient (Wildman–Crippen LogP) is 6.69. The summed E-state index contributed by atoms with van der Waals surface area (Å²) in [6.45, 7) is 15.3. The van der Waals surface area contributed by atoms with Gasteiger partial charge in [-0.3, -0.25) is 4.79 Å². The molecule has 0 saturated heterocycles. The summed E-state index contributed by atoms with van der Waals surface area (Å²) in [5.74, 6) is 0.0893. The van der Waals surface area contributed by atoms with E-state index in [2.05, 4.69) is 39.8 Å². The van der Waals surface area contributed by atoms with Crippen molar-refractivity contribution in [2.75, 3.05) is 13.7 Å². The maximum absolute atomic E-state index is 13.4. The van der Waals surface area contributed by atoms with Crippen molar-refractivity contribution in [2.24, 2.45) is 39.9 Å². The lowest BCUT2D eigenvalue weighted by Crippen LogP contribution is -2.66. The molecule has 4 saturated carbocycles. The second-order valence-electron chi connectivity index (χ2n) is 14.6. The van der Waals surface area contributed by atoms with Crippen molar-refractivity contribution in [3.8, 4) is 6.07 Å². The maximum Gasteiger partial charge on any atom is 0.333 e. The summed E-state index contributed by atoms with van der Waals surface area (Å²) in [5.41, 5.74) is 2.28. The number of ether oxygens (including phenoxy) is 3. The molecule has 0 amide bonds. The molecule has 4 rings (SSSR count). The Kier molecular flexibility index (Phi) is 9.70. The van der Waals surface area contributed by atoms with Crippen LogP contribution in [-0.2, 0) is 23.8 Å². The molecule has 0 aromatic carbocycles. The molecule has 1 unspecified atom stereocenters. The van der Waals surface area contributed by atoms with Gasteiger partial charge in [0.05, 0.1) is 38.4 Å². The summed E-state index contributed by atoms with van der Waals surface area (Å²) in [4.78, 5) is 25.9. The zero-order valence-electron chi connectivity index (χ0n) is 27.1. The van der Waals surface area contributed by atoms with Gasteiger partial charge in [0.15, 0.2) is 0 Å². The molecule has 0 heterocycles. The number of aliphatic hydroxyl groups is 1. The zero-order chi connectivity index (χ0) is 31.0. The Morgan fingerprint density at radius 2 is 1.83 bits per heavy atom. The van der Waals surface area contributed by atoms with Crippen molar-refractivity contribution in [1.29, 1.82) is 5.26 Å². The number of carbonyl (C=O) groups is 2. The number of rotatable bonds is 8. The van der Waals surface area contributed by atoms with Crippen molar-refractivity contribution >= 4 is 11.9 Å². The lowest BCUT2D eigenvalue weighted by atomic mass is 9.36. The minimum absolute atomic E-state index is 0.0252. The predicted molar refractivity (Wildman–Crippen MR) is 161 cm³/mol. The highest BCUT2D eigenvalue weighted by atomic mass is 16.5. The van der Waals surface area contributed by atoms with Crippen LogP contribution in [0.4, 0.5) is 0 Å². The lowest BCUT2D eigenvalue weighted by molar-refractivity contribution is -0.243. The summed E-state index contributed by atoms with van der Waals surface area (Å²) in [6, 6.07) is 2.24. The number of allylic oxidation sites excluding steroid dienone is 2. The number of nitriles is 1. The third-order valence-electron chi connectivity index (χ3n) is 12.3. The van der Waals surface area contributed by atoms with Crippen LogP contribution in [0.15, 0.2) is 22.8 Å². The fraction of sp³-hybridized carbons (Fsp3) is 0.800. The molecule has 0 aliphatic heterocycles. The van der Waals surface area contributed by atoms with Crippen LogP contribution < -0.4 is 0 Å². The average Bonchev–Trinajstić information content (AvgIpc) is 3.19. The van der Waals surface area contributed by atoms with Gasteiger partial charge in [0.2, 0.25) is 0 Å². The fourth-order valence-corrected chi connectivity index (χ4v) is 10.3. The van der Waals surface area contributed by atoms with E-state index in [1.165, 1.54) is 19.6 Å². The van der Waals surface area contributed by atoms with Gasteiger partial charge in [-0.2, -0.15) is 5.26 Å². The van der Waals surface area contributed by atoms with Crippen LogP contribution in [0.3, 0.4) is 0 Å². The molecule has 42 heavy (non-hydrogen) atoms. The number of nitrogens with zero attached hydrogens (tertiary/aromatic N) is 1. The van der Waals surface area contributed by atoms with Gasteiger partial charge in [0.25, 0.3) is 0 Å². The Morgan fingerprint density at radius 3 is 2.45 bits per heavy atom. The highest BCUT2D eigenvalue weighted by molar-refractivity contribution is 5.90. The lowest BCUT2D eigenvalue weighted by Gasteiger charge is -2.69. The molecule has 0 bridgehead atoms. The van der Waals surface area contributed by atoms with E-state index >= 15 is 0 Å². The summed E-state index contributed by atoms with van der Waals surface area (Å²) < 4.78 is 18.1. The van der Waals surface area contributed by atoms with Crippen LogP contribution in [0.25, 0.3) is 0 Å². The normalized spacial score (nSPS) is 41.9. The smallest absolute Gasteiger partial charge is 0.333 e. The molecular weight excluding hydrogens is 530 g/mol. The van der Waals surface area contributed by atoms with E-state index in [9.17, 15) is 20.0 Å². The van der Waals surface area contributed by atoms with E-state index in [0.717, 1.165) is 31.3 Å². The van der Waals surface area contributed by atoms with E-state index in [0.29, 0.717) is 50.2 Å². The van der Waals surface area contributed by atoms with Crippen LogP contribution in [0.5, 0.6) is 0 Å². The minimum atomic E-state index is -0.494. The molecule has 7 heteroatoms. The Labute approximate surface area is 253 Å². The number of fused-ring (bicyclic) bond motifs is 5. The van der Waals surface area contributed by atoms with Crippen LogP contribution in [0.2, 0.25) is 0 Å². The van der Waals surface area contributed by atoms with Gasteiger partial charge >= 0.3 is 11.9 Å². The molecule has 0 spiro atoms. The first-order valence-corrected chi connectivity index (χ1v) is 16.0. The largest absolute Gasteiger partial charge is 0.466 e. The first-order chi connectivity index (χ1) is 19.7. The minimum Gasteiger partial charge on any atom is -0.466 e. The molecular formula is C35H53NO6. The topological polar surface area (TPSA) is 106 Å². The first kappa shape index (κ1) is 32.7. The summed E-state index contributed by atoms with van der Waals surface area (Å²) >= 11 is 0. The Morgan fingerprint density at radius 1 is 1.12 bits per heavy atom. The highest BCUT2D eigenvalue weighted by Gasteiger charge is 2.71. The number of esters is 2. The van der Waals surface area contributed by atoms with Crippen LogP contribution in [-0.4, -0.2) is 49.1 Å². The molecule has 7 nitrogen and oxygen atoms in total. The molecule has 0 aromatic heterocycles. The third kappa shape index (κ3) is 5.47. The van der Waals surface area contributed by atoms with Crippen molar-refractivity contribution in [3.05, 3.63) is 22.8 Å². The van der Waals surface area contributed by atoms with E-state index in [-0.39, 0.29) is 58.1 Å². The Bertz CT molecular complexity index is 1150. The monoisotopic (exact) mass is 583 g/mol.